The Morgan fingerprint density at radius 3 is 2.61 bits per heavy atom. The van der Waals surface area contributed by atoms with Crippen LogP contribution in [0.3, 0.4) is 0 Å². The van der Waals surface area contributed by atoms with E-state index in [1.165, 1.54) is 6.42 Å². The number of hydrogen-bond donors (Lipinski definition) is 1. The highest BCUT2D eigenvalue weighted by Gasteiger charge is 2.19. The number of hydrogen-bond acceptors (Lipinski definition) is 6. The second-order valence-corrected chi connectivity index (χ2v) is 9.60. The van der Waals surface area contributed by atoms with Crippen LogP contribution in [0.25, 0.3) is 28.2 Å². The summed E-state index contributed by atoms with van der Waals surface area (Å²) in [4.78, 5) is 31.8. The third-order valence-electron chi connectivity index (χ3n) is 6.71. The van der Waals surface area contributed by atoms with E-state index in [0.29, 0.717) is 23.5 Å². The van der Waals surface area contributed by atoms with Crippen molar-refractivity contribution in [2.45, 2.75) is 39.7 Å². The third kappa shape index (κ3) is 3.86. The summed E-state index contributed by atoms with van der Waals surface area (Å²) in [6, 6.07) is 14.1. The monoisotopic (exact) mass is 480 g/mol. The molecular formula is C27H28N8O. The van der Waals surface area contributed by atoms with Gasteiger partial charge in [0, 0.05) is 36.6 Å². The molecule has 0 saturated carbocycles. The largest absolute Gasteiger partial charge is 0.355 e. The number of aryl methyl sites for hydroxylation is 1. The van der Waals surface area contributed by atoms with Crippen molar-refractivity contribution in [2.24, 2.45) is 0 Å². The van der Waals surface area contributed by atoms with Crippen molar-refractivity contribution < 1.29 is 0 Å². The van der Waals surface area contributed by atoms with Crippen LogP contribution in [-0.2, 0) is 6.54 Å². The Hall–Kier alpha value is -4.27. The molecule has 1 aromatic carbocycles. The highest BCUT2D eigenvalue weighted by Crippen LogP contribution is 2.26. The standard InChI is InChI=1S/C27H28N8O/c1-17(2)24-21(6-4-11-28-24)25-29-15-22-26(31-25)34(27(36)30-22)16-19-7-9-20(10-8-19)35-18(3)14-23(32-35)33-12-5-13-33/h4,6-11,14-15,17H,5,12-13,16H2,1-3H3,(H,30,36). The molecule has 1 fully saturated rings. The molecular weight excluding hydrogens is 452 g/mol. The highest BCUT2D eigenvalue weighted by molar-refractivity contribution is 5.73. The maximum absolute atomic E-state index is 12.8. The molecule has 0 unspecified atom stereocenters. The van der Waals surface area contributed by atoms with Gasteiger partial charge < -0.3 is 9.88 Å². The lowest BCUT2D eigenvalue weighted by Gasteiger charge is -2.30. The zero-order chi connectivity index (χ0) is 24.8. The van der Waals surface area contributed by atoms with Gasteiger partial charge in [-0.25, -0.2) is 19.4 Å². The van der Waals surface area contributed by atoms with Crippen LogP contribution in [-0.4, -0.2) is 47.4 Å². The van der Waals surface area contributed by atoms with Crippen LogP contribution < -0.4 is 10.6 Å². The van der Waals surface area contributed by atoms with Gasteiger partial charge in [-0.3, -0.25) is 9.55 Å². The number of imidazole rings is 1. The summed E-state index contributed by atoms with van der Waals surface area (Å²) in [5.41, 5.74) is 5.89. The molecule has 1 aliphatic heterocycles. The molecule has 182 valence electrons. The quantitative estimate of drug-likeness (QED) is 0.394. The third-order valence-corrected chi connectivity index (χ3v) is 6.71. The lowest BCUT2D eigenvalue weighted by atomic mass is 10.0. The van der Waals surface area contributed by atoms with E-state index in [2.05, 4.69) is 46.7 Å². The summed E-state index contributed by atoms with van der Waals surface area (Å²) >= 11 is 0. The summed E-state index contributed by atoms with van der Waals surface area (Å²) in [6.45, 7) is 8.80. The van der Waals surface area contributed by atoms with Gasteiger partial charge in [-0.2, -0.15) is 5.10 Å². The molecule has 0 bridgehead atoms. The van der Waals surface area contributed by atoms with Crippen molar-refractivity contribution >= 4 is 17.0 Å². The Morgan fingerprint density at radius 1 is 1.08 bits per heavy atom. The average molecular weight is 481 g/mol. The summed E-state index contributed by atoms with van der Waals surface area (Å²) in [5.74, 6) is 1.82. The molecule has 6 rings (SSSR count). The molecule has 0 atom stereocenters. The number of rotatable bonds is 6. The number of aromatic amines is 1. The van der Waals surface area contributed by atoms with Crippen molar-refractivity contribution in [1.82, 2.24) is 34.3 Å². The second kappa shape index (κ2) is 8.75. The fraction of sp³-hybridized carbons (Fsp3) is 0.296. The maximum Gasteiger partial charge on any atom is 0.328 e. The van der Waals surface area contributed by atoms with Gasteiger partial charge >= 0.3 is 5.69 Å². The Balaban J connectivity index is 1.31. The molecule has 4 aromatic heterocycles. The maximum atomic E-state index is 12.8. The van der Waals surface area contributed by atoms with E-state index in [-0.39, 0.29) is 11.6 Å². The molecule has 0 aliphatic carbocycles. The topological polar surface area (TPSA) is 97.5 Å². The molecule has 0 amide bonds. The smallest absolute Gasteiger partial charge is 0.328 e. The molecule has 0 radical (unpaired) electrons. The van der Waals surface area contributed by atoms with Crippen molar-refractivity contribution in [1.29, 1.82) is 0 Å². The van der Waals surface area contributed by atoms with E-state index in [4.69, 9.17) is 10.1 Å². The number of benzene rings is 1. The molecule has 0 spiro atoms. The molecule has 9 nitrogen and oxygen atoms in total. The SMILES string of the molecule is Cc1cc(N2CCC2)nn1-c1ccc(Cn2c(=O)[nH]c3cnc(-c4cccnc4C(C)C)nc32)cc1. The Morgan fingerprint density at radius 2 is 1.89 bits per heavy atom. The van der Waals surface area contributed by atoms with Gasteiger partial charge in [0.15, 0.2) is 17.3 Å². The van der Waals surface area contributed by atoms with E-state index in [9.17, 15) is 4.79 Å². The predicted molar refractivity (Wildman–Crippen MR) is 140 cm³/mol. The molecule has 36 heavy (non-hydrogen) atoms. The van der Waals surface area contributed by atoms with E-state index in [1.54, 1.807) is 17.0 Å². The van der Waals surface area contributed by atoms with E-state index < -0.39 is 0 Å². The number of aromatic nitrogens is 7. The second-order valence-electron chi connectivity index (χ2n) is 9.60. The number of nitrogens with one attached hydrogen (secondary N) is 1. The number of nitrogens with zero attached hydrogens (tertiary/aromatic N) is 7. The number of H-pyrrole nitrogens is 1. The van der Waals surface area contributed by atoms with Crippen LogP contribution in [0.2, 0.25) is 0 Å². The van der Waals surface area contributed by atoms with Gasteiger partial charge in [0.2, 0.25) is 0 Å². The highest BCUT2D eigenvalue weighted by atomic mass is 16.1. The zero-order valence-corrected chi connectivity index (χ0v) is 20.6. The summed E-state index contributed by atoms with van der Waals surface area (Å²) in [6.07, 6.45) is 4.68. The lowest BCUT2D eigenvalue weighted by Crippen LogP contribution is -2.37. The van der Waals surface area contributed by atoms with E-state index >= 15 is 0 Å². The minimum Gasteiger partial charge on any atom is -0.355 e. The van der Waals surface area contributed by atoms with Crippen molar-refractivity contribution in [2.75, 3.05) is 18.0 Å². The van der Waals surface area contributed by atoms with Crippen LogP contribution in [0.5, 0.6) is 0 Å². The van der Waals surface area contributed by atoms with Crippen LogP contribution in [0.4, 0.5) is 5.82 Å². The Kier molecular flexibility index (Phi) is 5.40. The number of fused-ring (bicyclic) bond motifs is 1. The molecule has 1 aliphatic rings. The fourth-order valence-corrected chi connectivity index (χ4v) is 4.63. The molecule has 5 aromatic rings. The van der Waals surface area contributed by atoms with Crippen molar-refractivity contribution in [3.05, 3.63) is 82.3 Å². The minimum atomic E-state index is -0.210. The van der Waals surface area contributed by atoms with E-state index in [1.807, 2.05) is 41.1 Å². The molecule has 9 heteroatoms. The van der Waals surface area contributed by atoms with Gasteiger partial charge in [-0.1, -0.05) is 26.0 Å². The lowest BCUT2D eigenvalue weighted by molar-refractivity contribution is 0.605. The first-order chi connectivity index (χ1) is 17.5. The van der Waals surface area contributed by atoms with Gasteiger partial charge in [0.25, 0.3) is 0 Å². The summed E-state index contributed by atoms with van der Waals surface area (Å²) < 4.78 is 3.62. The first kappa shape index (κ1) is 22.2. The molecule has 5 heterocycles. The first-order valence-corrected chi connectivity index (χ1v) is 12.3. The van der Waals surface area contributed by atoms with Crippen LogP contribution >= 0.6 is 0 Å². The summed E-state index contributed by atoms with van der Waals surface area (Å²) in [7, 11) is 0. The summed E-state index contributed by atoms with van der Waals surface area (Å²) in [5, 5.41) is 4.78. The zero-order valence-electron chi connectivity index (χ0n) is 20.6. The van der Waals surface area contributed by atoms with Gasteiger partial charge in [-0.05, 0) is 49.1 Å². The van der Waals surface area contributed by atoms with Crippen molar-refractivity contribution in [3.8, 4) is 17.1 Å². The fourth-order valence-electron chi connectivity index (χ4n) is 4.63. The van der Waals surface area contributed by atoms with Crippen LogP contribution in [0.1, 0.15) is 43.1 Å². The van der Waals surface area contributed by atoms with Crippen molar-refractivity contribution in [3.63, 3.8) is 0 Å². The molecule has 1 N–H and O–H groups in total. The average Bonchev–Trinajstić information content (AvgIpc) is 3.37. The first-order valence-electron chi connectivity index (χ1n) is 12.3. The predicted octanol–water partition coefficient (Wildman–Crippen LogP) is 4.06. The van der Waals surface area contributed by atoms with Gasteiger partial charge in [0.05, 0.1) is 24.1 Å². The number of pyridine rings is 1. The van der Waals surface area contributed by atoms with Gasteiger partial charge in [-0.15, -0.1) is 0 Å². The number of anilines is 1. The van der Waals surface area contributed by atoms with Crippen LogP contribution in [0.15, 0.2) is 59.7 Å². The van der Waals surface area contributed by atoms with Gasteiger partial charge in [0.1, 0.15) is 5.52 Å². The van der Waals surface area contributed by atoms with Crippen LogP contribution in [0, 0.1) is 6.92 Å². The normalized spacial score (nSPS) is 13.5. The Labute approximate surface area is 208 Å². The minimum absolute atomic E-state index is 0.210. The Bertz CT molecular complexity index is 1610. The van der Waals surface area contributed by atoms with E-state index in [0.717, 1.165) is 47.1 Å². The molecule has 1 saturated heterocycles.